The highest BCUT2D eigenvalue weighted by Crippen LogP contribution is 2.45. The molecule has 146 valence electrons. The summed E-state index contributed by atoms with van der Waals surface area (Å²) in [6, 6.07) is 5.37. The lowest BCUT2D eigenvalue weighted by Gasteiger charge is -2.19. The Hall–Kier alpha value is -2.71. The highest BCUT2D eigenvalue weighted by molar-refractivity contribution is 5.90. The molecule has 0 N–H and O–H groups in total. The zero-order chi connectivity index (χ0) is 20.4. The molecule has 0 unspecified atom stereocenters. The zero-order valence-electron chi connectivity index (χ0n) is 14.2. The van der Waals surface area contributed by atoms with Gasteiger partial charge in [0, 0.05) is 5.56 Å². The maximum atomic E-state index is 13.4. The van der Waals surface area contributed by atoms with E-state index >= 15 is 0 Å². The molecule has 0 aliphatic rings. The van der Waals surface area contributed by atoms with Gasteiger partial charge in [-0.15, -0.1) is 0 Å². The maximum Gasteiger partial charge on any atom is 0.417 e. The number of methoxy groups -OCH3 is 1. The molecule has 0 amide bonds. The molecule has 0 spiro atoms. The minimum Gasteiger partial charge on any atom is -0.496 e. The van der Waals surface area contributed by atoms with Gasteiger partial charge < -0.3 is 9.47 Å². The summed E-state index contributed by atoms with van der Waals surface area (Å²) in [4.78, 5) is 11.6. The van der Waals surface area contributed by atoms with Gasteiger partial charge in [-0.3, -0.25) is 0 Å². The molecule has 0 saturated heterocycles. The van der Waals surface area contributed by atoms with Gasteiger partial charge in [-0.1, -0.05) is 12.1 Å². The lowest BCUT2D eigenvalue weighted by atomic mass is 9.95. The molecule has 27 heavy (non-hydrogen) atoms. The van der Waals surface area contributed by atoms with Crippen LogP contribution in [0.1, 0.15) is 28.4 Å². The Morgan fingerprint density at radius 3 is 2.00 bits per heavy atom. The molecule has 0 fully saturated rings. The van der Waals surface area contributed by atoms with Gasteiger partial charge in [0.15, 0.2) is 0 Å². The second kappa shape index (κ2) is 7.50. The summed E-state index contributed by atoms with van der Waals surface area (Å²) in [5.74, 6) is -1.25. The summed E-state index contributed by atoms with van der Waals surface area (Å²) in [6.45, 7) is 1.71. The maximum absolute atomic E-state index is 13.4. The van der Waals surface area contributed by atoms with Crippen LogP contribution in [0, 0.1) is 0 Å². The van der Waals surface area contributed by atoms with E-state index in [1.54, 1.807) is 6.92 Å². The first-order valence-electron chi connectivity index (χ1n) is 7.63. The van der Waals surface area contributed by atoms with Crippen molar-refractivity contribution in [3.05, 3.63) is 53.1 Å². The van der Waals surface area contributed by atoms with Crippen LogP contribution >= 0.6 is 0 Å². The van der Waals surface area contributed by atoms with E-state index in [1.807, 2.05) is 0 Å². The summed E-state index contributed by atoms with van der Waals surface area (Å²) < 4.78 is 88.7. The van der Waals surface area contributed by atoms with Crippen molar-refractivity contribution in [1.82, 2.24) is 0 Å². The SMILES string of the molecule is CCOC(=O)c1ccc(-c2c(OC)cc(C(F)(F)F)cc2C(F)(F)F)cc1. The van der Waals surface area contributed by atoms with Crippen molar-refractivity contribution in [2.24, 2.45) is 0 Å². The summed E-state index contributed by atoms with van der Waals surface area (Å²) in [5, 5.41) is 0. The smallest absolute Gasteiger partial charge is 0.417 e. The van der Waals surface area contributed by atoms with E-state index in [4.69, 9.17) is 9.47 Å². The van der Waals surface area contributed by atoms with Crippen LogP contribution in [0.3, 0.4) is 0 Å². The van der Waals surface area contributed by atoms with Crippen LogP contribution in [0.15, 0.2) is 36.4 Å². The minimum absolute atomic E-state index is 0.0388. The largest absolute Gasteiger partial charge is 0.496 e. The molecule has 0 saturated carbocycles. The number of hydrogen-bond acceptors (Lipinski definition) is 3. The molecule has 0 aliphatic heterocycles. The standard InChI is InChI=1S/C18H14F6O3/c1-3-27-16(25)11-6-4-10(5-7-11)15-13(18(22,23)24)8-12(17(19,20)21)9-14(15)26-2/h4-9H,3H2,1-2H3. The van der Waals surface area contributed by atoms with Crippen molar-refractivity contribution in [1.29, 1.82) is 0 Å². The van der Waals surface area contributed by atoms with Gasteiger partial charge in [-0.2, -0.15) is 26.3 Å². The van der Waals surface area contributed by atoms with Crippen LogP contribution < -0.4 is 4.74 Å². The Morgan fingerprint density at radius 1 is 0.963 bits per heavy atom. The molecule has 2 rings (SSSR count). The number of rotatable bonds is 4. The lowest BCUT2D eigenvalue weighted by Crippen LogP contribution is -2.13. The number of halogens is 6. The highest BCUT2D eigenvalue weighted by atomic mass is 19.4. The first-order valence-corrected chi connectivity index (χ1v) is 7.63. The first-order chi connectivity index (χ1) is 12.5. The van der Waals surface area contributed by atoms with Gasteiger partial charge in [0.2, 0.25) is 0 Å². The third kappa shape index (κ3) is 4.53. The number of carbonyl (C=O) groups excluding carboxylic acids is 1. The number of ether oxygens (including phenoxy) is 2. The van der Waals surface area contributed by atoms with Crippen molar-refractivity contribution in [2.75, 3.05) is 13.7 Å². The number of esters is 1. The van der Waals surface area contributed by atoms with Gasteiger partial charge in [-0.25, -0.2) is 4.79 Å². The fraction of sp³-hybridized carbons (Fsp3) is 0.278. The molecule has 2 aromatic carbocycles. The Balaban J connectivity index is 2.66. The Bertz CT molecular complexity index is 823. The zero-order valence-corrected chi connectivity index (χ0v) is 14.2. The van der Waals surface area contributed by atoms with Crippen molar-refractivity contribution < 1.29 is 40.6 Å². The molecular weight excluding hydrogens is 378 g/mol. The number of alkyl halides is 6. The molecule has 0 radical (unpaired) electrons. The van der Waals surface area contributed by atoms with Gasteiger partial charge in [0.25, 0.3) is 0 Å². The fourth-order valence-corrected chi connectivity index (χ4v) is 2.45. The molecule has 0 aliphatic carbocycles. The first kappa shape index (κ1) is 20.6. The molecular formula is C18H14F6O3. The van der Waals surface area contributed by atoms with E-state index < -0.39 is 40.8 Å². The minimum atomic E-state index is -5.05. The molecule has 0 bridgehead atoms. The predicted octanol–water partition coefficient (Wildman–Crippen LogP) is 5.58. The quantitative estimate of drug-likeness (QED) is 0.504. The van der Waals surface area contributed by atoms with Crippen LogP contribution in [0.4, 0.5) is 26.3 Å². The highest BCUT2D eigenvalue weighted by Gasteiger charge is 2.40. The number of carbonyl (C=O) groups is 1. The van der Waals surface area contributed by atoms with Gasteiger partial charge >= 0.3 is 18.3 Å². The topological polar surface area (TPSA) is 35.5 Å². The number of hydrogen-bond donors (Lipinski definition) is 0. The van der Waals surface area contributed by atoms with Crippen molar-refractivity contribution in [3.63, 3.8) is 0 Å². The van der Waals surface area contributed by atoms with E-state index in [0.717, 1.165) is 7.11 Å². The van der Waals surface area contributed by atoms with E-state index in [-0.39, 0.29) is 23.8 Å². The van der Waals surface area contributed by atoms with Gasteiger partial charge in [-0.05, 0) is 36.8 Å². The van der Waals surface area contributed by atoms with Crippen LogP contribution in [-0.4, -0.2) is 19.7 Å². The normalized spacial score (nSPS) is 12.0. The van der Waals surface area contributed by atoms with Gasteiger partial charge in [0.1, 0.15) is 5.75 Å². The van der Waals surface area contributed by atoms with E-state index in [0.29, 0.717) is 6.07 Å². The molecule has 0 aromatic heterocycles. The van der Waals surface area contributed by atoms with Crippen LogP contribution in [-0.2, 0) is 17.1 Å². The Kier molecular flexibility index (Phi) is 5.72. The summed E-state index contributed by atoms with van der Waals surface area (Å²) in [7, 11) is 0.978. The van der Waals surface area contributed by atoms with Gasteiger partial charge in [0.05, 0.1) is 30.4 Å². The third-order valence-corrected chi connectivity index (χ3v) is 3.64. The monoisotopic (exact) mass is 392 g/mol. The van der Waals surface area contributed by atoms with E-state index in [9.17, 15) is 31.1 Å². The summed E-state index contributed by atoms with van der Waals surface area (Å²) in [5.41, 5.74) is -3.47. The average Bonchev–Trinajstić information content (AvgIpc) is 2.59. The summed E-state index contributed by atoms with van der Waals surface area (Å²) in [6.07, 6.45) is -10.0. The molecule has 3 nitrogen and oxygen atoms in total. The summed E-state index contributed by atoms with van der Waals surface area (Å²) >= 11 is 0. The molecule has 2 aromatic rings. The Labute approximate surface area is 150 Å². The second-order valence-electron chi connectivity index (χ2n) is 5.39. The van der Waals surface area contributed by atoms with Crippen LogP contribution in [0.2, 0.25) is 0 Å². The molecule has 0 atom stereocenters. The fourth-order valence-electron chi connectivity index (χ4n) is 2.45. The third-order valence-electron chi connectivity index (χ3n) is 3.64. The van der Waals surface area contributed by atoms with Crippen LogP contribution in [0.5, 0.6) is 5.75 Å². The molecule has 9 heteroatoms. The van der Waals surface area contributed by atoms with Crippen LogP contribution in [0.25, 0.3) is 11.1 Å². The Morgan fingerprint density at radius 2 is 1.56 bits per heavy atom. The average molecular weight is 392 g/mol. The lowest BCUT2D eigenvalue weighted by molar-refractivity contribution is -0.142. The van der Waals surface area contributed by atoms with Crippen molar-refractivity contribution in [3.8, 4) is 16.9 Å². The van der Waals surface area contributed by atoms with Crippen molar-refractivity contribution >= 4 is 5.97 Å². The van der Waals surface area contributed by atoms with Crippen molar-refractivity contribution in [2.45, 2.75) is 19.3 Å². The van der Waals surface area contributed by atoms with E-state index in [2.05, 4.69) is 0 Å². The predicted molar refractivity (Wildman–Crippen MR) is 84.4 cm³/mol. The number of benzene rings is 2. The molecule has 0 heterocycles. The van der Waals surface area contributed by atoms with E-state index in [1.165, 1.54) is 24.3 Å². The second-order valence-corrected chi connectivity index (χ2v) is 5.39.